The smallest absolute Gasteiger partial charge is 0.138 e. The molecular formula is C15H27N3S. The van der Waals surface area contributed by atoms with Gasteiger partial charge in [-0.1, -0.05) is 20.8 Å². The standard InChI is InChI=1S/C15H27N3S/c1-6-7-16-8-14-12(4)17-15(18-13(14)5)10-19-9-11(2)3/h11,16H,6-10H2,1-5H3. The number of aromatic nitrogens is 2. The van der Waals surface area contributed by atoms with Gasteiger partial charge in [0.1, 0.15) is 5.82 Å². The van der Waals surface area contributed by atoms with Gasteiger partial charge in [0.2, 0.25) is 0 Å². The number of aryl methyl sites for hydroxylation is 2. The third-order valence-electron chi connectivity index (χ3n) is 2.88. The highest BCUT2D eigenvalue weighted by Crippen LogP contribution is 2.16. The van der Waals surface area contributed by atoms with Crippen LogP contribution in [0.1, 0.15) is 50.0 Å². The van der Waals surface area contributed by atoms with Crippen LogP contribution in [-0.4, -0.2) is 22.3 Å². The summed E-state index contributed by atoms with van der Waals surface area (Å²) in [6, 6.07) is 0. The molecule has 0 atom stereocenters. The third-order valence-corrected chi connectivity index (χ3v) is 4.24. The molecule has 0 aliphatic heterocycles. The number of hydrogen-bond acceptors (Lipinski definition) is 4. The van der Waals surface area contributed by atoms with Crippen molar-refractivity contribution in [3.63, 3.8) is 0 Å². The van der Waals surface area contributed by atoms with Crippen molar-refractivity contribution in [2.24, 2.45) is 5.92 Å². The normalized spacial score (nSPS) is 11.3. The van der Waals surface area contributed by atoms with Crippen LogP contribution in [-0.2, 0) is 12.3 Å². The highest BCUT2D eigenvalue weighted by molar-refractivity contribution is 7.98. The van der Waals surface area contributed by atoms with Gasteiger partial charge in [0.15, 0.2) is 0 Å². The number of thioether (sulfide) groups is 1. The molecule has 1 heterocycles. The molecule has 3 nitrogen and oxygen atoms in total. The van der Waals surface area contributed by atoms with Crippen LogP contribution < -0.4 is 5.32 Å². The fraction of sp³-hybridized carbons (Fsp3) is 0.733. The van der Waals surface area contributed by atoms with Crippen molar-refractivity contribution >= 4 is 11.8 Å². The minimum Gasteiger partial charge on any atom is -0.313 e. The fourth-order valence-electron chi connectivity index (χ4n) is 1.91. The van der Waals surface area contributed by atoms with Gasteiger partial charge >= 0.3 is 0 Å². The number of nitrogens with zero attached hydrogens (tertiary/aromatic N) is 2. The highest BCUT2D eigenvalue weighted by Gasteiger charge is 2.08. The molecule has 0 aromatic carbocycles. The molecule has 0 saturated heterocycles. The topological polar surface area (TPSA) is 37.8 Å². The van der Waals surface area contributed by atoms with Gasteiger partial charge in [-0.15, -0.1) is 0 Å². The molecule has 0 radical (unpaired) electrons. The monoisotopic (exact) mass is 281 g/mol. The minimum atomic E-state index is 0.727. The van der Waals surface area contributed by atoms with E-state index < -0.39 is 0 Å². The van der Waals surface area contributed by atoms with E-state index in [1.807, 2.05) is 11.8 Å². The second kappa shape index (κ2) is 8.54. The first-order chi connectivity index (χ1) is 9.04. The van der Waals surface area contributed by atoms with Gasteiger partial charge in [-0.2, -0.15) is 11.8 Å². The molecule has 0 bridgehead atoms. The van der Waals surface area contributed by atoms with Crippen LogP contribution in [0.25, 0.3) is 0 Å². The molecule has 1 aromatic heterocycles. The third kappa shape index (κ3) is 5.91. The first kappa shape index (κ1) is 16.4. The van der Waals surface area contributed by atoms with Crippen LogP contribution >= 0.6 is 11.8 Å². The minimum absolute atomic E-state index is 0.727. The lowest BCUT2D eigenvalue weighted by Crippen LogP contribution is -2.17. The van der Waals surface area contributed by atoms with E-state index in [-0.39, 0.29) is 0 Å². The molecule has 0 saturated carbocycles. The molecular weight excluding hydrogens is 254 g/mol. The van der Waals surface area contributed by atoms with Gasteiger partial charge in [-0.05, 0) is 38.5 Å². The summed E-state index contributed by atoms with van der Waals surface area (Å²) in [5, 5.41) is 3.43. The Balaban J connectivity index is 2.62. The molecule has 108 valence electrons. The van der Waals surface area contributed by atoms with Crippen molar-refractivity contribution in [2.45, 2.75) is 53.3 Å². The van der Waals surface area contributed by atoms with Crippen LogP contribution in [0.15, 0.2) is 0 Å². The Kier molecular flexibility index (Phi) is 7.39. The summed E-state index contributed by atoms with van der Waals surface area (Å²) in [7, 11) is 0. The second-order valence-electron chi connectivity index (χ2n) is 5.37. The molecule has 0 aliphatic rings. The summed E-state index contributed by atoms with van der Waals surface area (Å²) in [5.74, 6) is 3.79. The van der Waals surface area contributed by atoms with Gasteiger partial charge in [0.25, 0.3) is 0 Å². The van der Waals surface area contributed by atoms with Crippen LogP contribution in [0.3, 0.4) is 0 Å². The Hall–Kier alpha value is -0.610. The fourth-order valence-corrected chi connectivity index (χ4v) is 2.81. The summed E-state index contributed by atoms with van der Waals surface area (Å²) in [6.07, 6.45) is 1.16. The van der Waals surface area contributed by atoms with Gasteiger partial charge in [0.05, 0.1) is 5.75 Å². The molecule has 19 heavy (non-hydrogen) atoms. The molecule has 1 aromatic rings. The van der Waals surface area contributed by atoms with Crippen molar-refractivity contribution in [1.82, 2.24) is 15.3 Å². The van der Waals surface area contributed by atoms with E-state index in [0.717, 1.165) is 48.4 Å². The van der Waals surface area contributed by atoms with Gasteiger partial charge < -0.3 is 5.32 Å². The van der Waals surface area contributed by atoms with Crippen molar-refractivity contribution in [3.8, 4) is 0 Å². The van der Waals surface area contributed by atoms with Crippen LogP contribution in [0, 0.1) is 19.8 Å². The predicted molar refractivity (Wildman–Crippen MR) is 84.5 cm³/mol. The van der Waals surface area contributed by atoms with Crippen molar-refractivity contribution in [2.75, 3.05) is 12.3 Å². The molecule has 0 fully saturated rings. The maximum atomic E-state index is 4.64. The zero-order chi connectivity index (χ0) is 14.3. The Bertz CT molecular complexity index is 368. The van der Waals surface area contributed by atoms with Crippen molar-refractivity contribution in [1.29, 1.82) is 0 Å². The van der Waals surface area contributed by atoms with Crippen LogP contribution in [0.2, 0.25) is 0 Å². The molecule has 1 rings (SSSR count). The Morgan fingerprint density at radius 3 is 2.32 bits per heavy atom. The van der Waals surface area contributed by atoms with Crippen molar-refractivity contribution < 1.29 is 0 Å². The van der Waals surface area contributed by atoms with Gasteiger partial charge in [-0.25, -0.2) is 9.97 Å². The maximum Gasteiger partial charge on any atom is 0.138 e. The zero-order valence-electron chi connectivity index (χ0n) is 12.9. The number of hydrogen-bond donors (Lipinski definition) is 1. The average molecular weight is 281 g/mol. The summed E-state index contributed by atoms with van der Waals surface area (Å²) >= 11 is 1.92. The Morgan fingerprint density at radius 1 is 1.16 bits per heavy atom. The zero-order valence-corrected chi connectivity index (χ0v) is 13.7. The summed E-state index contributed by atoms with van der Waals surface area (Å²) in [5.41, 5.74) is 3.50. The first-order valence-corrected chi connectivity index (χ1v) is 8.31. The van der Waals surface area contributed by atoms with E-state index >= 15 is 0 Å². The van der Waals surface area contributed by atoms with Crippen molar-refractivity contribution in [3.05, 3.63) is 22.8 Å². The molecule has 4 heteroatoms. The summed E-state index contributed by atoms with van der Waals surface area (Å²) < 4.78 is 0. The second-order valence-corrected chi connectivity index (χ2v) is 6.41. The van der Waals surface area contributed by atoms with Crippen LogP contribution in [0.4, 0.5) is 0 Å². The number of nitrogens with one attached hydrogen (secondary N) is 1. The van der Waals surface area contributed by atoms with E-state index in [1.165, 1.54) is 11.3 Å². The summed E-state index contributed by atoms with van der Waals surface area (Å²) in [4.78, 5) is 9.28. The van der Waals surface area contributed by atoms with E-state index in [4.69, 9.17) is 0 Å². The lowest BCUT2D eigenvalue weighted by atomic mass is 10.1. The lowest BCUT2D eigenvalue weighted by molar-refractivity contribution is 0.663. The van der Waals surface area contributed by atoms with Gasteiger partial charge in [0, 0.05) is 23.5 Å². The maximum absolute atomic E-state index is 4.64. The van der Waals surface area contributed by atoms with E-state index in [9.17, 15) is 0 Å². The molecule has 0 spiro atoms. The molecule has 0 aliphatic carbocycles. The van der Waals surface area contributed by atoms with Gasteiger partial charge in [-0.3, -0.25) is 0 Å². The SMILES string of the molecule is CCCNCc1c(C)nc(CSCC(C)C)nc1C. The van der Waals surface area contributed by atoms with Crippen LogP contribution in [0.5, 0.6) is 0 Å². The molecule has 1 N–H and O–H groups in total. The highest BCUT2D eigenvalue weighted by atomic mass is 32.2. The first-order valence-electron chi connectivity index (χ1n) is 7.16. The van der Waals surface area contributed by atoms with E-state index in [1.54, 1.807) is 0 Å². The lowest BCUT2D eigenvalue weighted by Gasteiger charge is -2.12. The largest absolute Gasteiger partial charge is 0.313 e. The molecule has 0 unspecified atom stereocenters. The summed E-state index contributed by atoms with van der Waals surface area (Å²) in [6.45, 7) is 12.8. The number of rotatable bonds is 8. The average Bonchev–Trinajstić information content (AvgIpc) is 2.32. The van der Waals surface area contributed by atoms with E-state index in [2.05, 4.69) is 49.9 Å². The Labute approximate surface area is 122 Å². The molecule has 0 amide bonds. The predicted octanol–water partition coefficient (Wildman–Crippen LogP) is 3.48. The Morgan fingerprint density at radius 2 is 1.79 bits per heavy atom. The quantitative estimate of drug-likeness (QED) is 0.740. The van der Waals surface area contributed by atoms with E-state index in [0.29, 0.717) is 0 Å².